The highest BCUT2D eigenvalue weighted by Gasteiger charge is 2.14. The Morgan fingerprint density at radius 1 is 1.50 bits per heavy atom. The lowest BCUT2D eigenvalue weighted by atomic mass is 10.1. The van der Waals surface area contributed by atoms with Gasteiger partial charge in [-0.05, 0) is 33.8 Å². The second kappa shape index (κ2) is 6.01. The molecule has 0 atom stereocenters. The molecule has 5 heteroatoms. The third-order valence-corrected chi connectivity index (χ3v) is 2.64. The first-order valence-electron chi connectivity index (χ1n) is 5.88. The van der Waals surface area contributed by atoms with Crippen molar-refractivity contribution >= 4 is 12.0 Å². The van der Waals surface area contributed by atoms with Gasteiger partial charge in [-0.2, -0.15) is 10.4 Å². The smallest absolute Gasteiger partial charge is 0.348 e. The number of carbonyl (C=O) groups is 1. The molecule has 0 aromatic carbocycles. The van der Waals surface area contributed by atoms with Gasteiger partial charge in [0.1, 0.15) is 11.6 Å². The maximum absolute atomic E-state index is 11.5. The van der Waals surface area contributed by atoms with Gasteiger partial charge in [-0.15, -0.1) is 0 Å². The Bertz CT molecular complexity index is 521. The fourth-order valence-corrected chi connectivity index (χ4v) is 1.72. The van der Waals surface area contributed by atoms with Crippen molar-refractivity contribution in [2.45, 2.75) is 34.2 Å². The van der Waals surface area contributed by atoms with Crippen LogP contribution in [0.5, 0.6) is 0 Å². The molecule has 0 unspecified atom stereocenters. The Morgan fingerprint density at radius 2 is 2.17 bits per heavy atom. The van der Waals surface area contributed by atoms with Gasteiger partial charge in [0.25, 0.3) is 0 Å². The summed E-state index contributed by atoms with van der Waals surface area (Å²) >= 11 is 0. The summed E-state index contributed by atoms with van der Waals surface area (Å²) in [5, 5.41) is 13.3. The maximum Gasteiger partial charge on any atom is 0.348 e. The van der Waals surface area contributed by atoms with E-state index in [-0.39, 0.29) is 12.2 Å². The zero-order valence-electron chi connectivity index (χ0n) is 11.1. The quantitative estimate of drug-likeness (QED) is 0.463. The van der Waals surface area contributed by atoms with Crippen molar-refractivity contribution in [3.8, 4) is 6.07 Å². The lowest BCUT2D eigenvalue weighted by Crippen LogP contribution is -2.06. The monoisotopic (exact) mass is 247 g/mol. The van der Waals surface area contributed by atoms with E-state index in [0.29, 0.717) is 0 Å². The van der Waals surface area contributed by atoms with Gasteiger partial charge in [0.2, 0.25) is 0 Å². The number of esters is 1. The standard InChI is InChI=1S/C13H17N3O2/c1-5-16-10(4)12(9(3)15-16)7-11(8-14)13(17)18-6-2/h7H,5-6H2,1-4H3/b11-7-. The van der Waals surface area contributed by atoms with E-state index in [9.17, 15) is 4.79 Å². The summed E-state index contributed by atoms with van der Waals surface area (Å²) in [4.78, 5) is 11.5. The third kappa shape index (κ3) is 2.77. The van der Waals surface area contributed by atoms with Gasteiger partial charge in [-0.3, -0.25) is 4.68 Å². The lowest BCUT2D eigenvalue weighted by molar-refractivity contribution is -0.137. The van der Waals surface area contributed by atoms with Crippen LogP contribution in [0, 0.1) is 25.2 Å². The minimum atomic E-state index is -0.594. The van der Waals surface area contributed by atoms with Crippen LogP contribution < -0.4 is 0 Å². The number of hydrogen-bond donors (Lipinski definition) is 0. The van der Waals surface area contributed by atoms with Crippen LogP contribution in [0.25, 0.3) is 6.08 Å². The Labute approximate surface area is 107 Å². The van der Waals surface area contributed by atoms with Crippen molar-refractivity contribution in [2.75, 3.05) is 6.61 Å². The molecule has 1 aromatic heterocycles. The van der Waals surface area contributed by atoms with E-state index in [1.54, 1.807) is 13.0 Å². The average molecular weight is 247 g/mol. The fraction of sp³-hybridized carbons (Fsp3) is 0.462. The highest BCUT2D eigenvalue weighted by Crippen LogP contribution is 2.17. The Balaban J connectivity index is 3.18. The molecule has 1 rings (SSSR count). The minimum absolute atomic E-state index is 0.00120. The number of aryl methyl sites for hydroxylation is 2. The minimum Gasteiger partial charge on any atom is -0.462 e. The van der Waals surface area contributed by atoms with Gasteiger partial charge in [0, 0.05) is 17.8 Å². The molecule has 1 heterocycles. The topological polar surface area (TPSA) is 67.9 Å². The van der Waals surface area contributed by atoms with E-state index in [2.05, 4.69) is 5.10 Å². The average Bonchev–Trinajstić information content (AvgIpc) is 2.62. The fourth-order valence-electron chi connectivity index (χ4n) is 1.72. The Hall–Kier alpha value is -2.09. The molecule has 18 heavy (non-hydrogen) atoms. The number of ether oxygens (including phenoxy) is 1. The van der Waals surface area contributed by atoms with E-state index in [1.807, 2.05) is 31.5 Å². The predicted molar refractivity (Wildman–Crippen MR) is 67.6 cm³/mol. The van der Waals surface area contributed by atoms with Gasteiger partial charge in [-0.1, -0.05) is 0 Å². The van der Waals surface area contributed by atoms with Crippen molar-refractivity contribution < 1.29 is 9.53 Å². The normalized spacial score (nSPS) is 11.2. The Kier molecular flexibility index (Phi) is 4.67. The van der Waals surface area contributed by atoms with Crippen LogP contribution in [0.3, 0.4) is 0 Å². The first-order valence-corrected chi connectivity index (χ1v) is 5.88. The molecule has 0 aliphatic heterocycles. The van der Waals surface area contributed by atoms with Crippen LogP contribution in [-0.2, 0) is 16.1 Å². The summed E-state index contributed by atoms with van der Waals surface area (Å²) in [5.74, 6) is -0.594. The van der Waals surface area contributed by atoms with Crippen molar-refractivity contribution in [1.82, 2.24) is 9.78 Å². The van der Waals surface area contributed by atoms with Crippen molar-refractivity contribution in [3.63, 3.8) is 0 Å². The van der Waals surface area contributed by atoms with E-state index in [0.717, 1.165) is 23.5 Å². The molecule has 0 fully saturated rings. The van der Waals surface area contributed by atoms with Crippen LogP contribution >= 0.6 is 0 Å². The molecule has 0 aliphatic rings. The maximum atomic E-state index is 11.5. The molecule has 96 valence electrons. The summed E-state index contributed by atoms with van der Waals surface area (Å²) in [5.41, 5.74) is 2.54. The number of rotatable bonds is 4. The van der Waals surface area contributed by atoms with E-state index < -0.39 is 5.97 Å². The third-order valence-electron chi connectivity index (χ3n) is 2.64. The van der Waals surface area contributed by atoms with Gasteiger partial charge < -0.3 is 4.74 Å². The van der Waals surface area contributed by atoms with Gasteiger partial charge in [0.15, 0.2) is 0 Å². The largest absolute Gasteiger partial charge is 0.462 e. The first kappa shape index (κ1) is 14.0. The van der Waals surface area contributed by atoms with Crippen LogP contribution in [0.1, 0.15) is 30.8 Å². The molecule has 5 nitrogen and oxygen atoms in total. The van der Waals surface area contributed by atoms with Crippen molar-refractivity contribution in [1.29, 1.82) is 5.26 Å². The number of carbonyl (C=O) groups excluding carboxylic acids is 1. The highest BCUT2D eigenvalue weighted by molar-refractivity contribution is 5.98. The zero-order valence-corrected chi connectivity index (χ0v) is 11.1. The molecule has 0 bridgehead atoms. The van der Waals surface area contributed by atoms with E-state index >= 15 is 0 Å². The van der Waals surface area contributed by atoms with Crippen molar-refractivity contribution in [2.24, 2.45) is 0 Å². The number of nitriles is 1. The van der Waals surface area contributed by atoms with Crippen LogP contribution in [0.4, 0.5) is 0 Å². The molecule has 0 radical (unpaired) electrons. The number of aromatic nitrogens is 2. The summed E-state index contributed by atoms with van der Waals surface area (Å²) in [6.07, 6.45) is 1.54. The van der Waals surface area contributed by atoms with Gasteiger partial charge >= 0.3 is 5.97 Å². The van der Waals surface area contributed by atoms with Crippen molar-refractivity contribution in [3.05, 3.63) is 22.5 Å². The van der Waals surface area contributed by atoms with Crippen LogP contribution in [-0.4, -0.2) is 22.4 Å². The first-order chi connectivity index (χ1) is 8.54. The molecule has 0 saturated carbocycles. The molecular formula is C13H17N3O2. The summed E-state index contributed by atoms with van der Waals surface area (Å²) < 4.78 is 6.66. The predicted octanol–water partition coefficient (Wildman–Crippen LogP) is 1.99. The van der Waals surface area contributed by atoms with Gasteiger partial charge in [-0.25, -0.2) is 4.79 Å². The highest BCUT2D eigenvalue weighted by atomic mass is 16.5. The van der Waals surface area contributed by atoms with E-state index in [4.69, 9.17) is 10.00 Å². The Morgan fingerprint density at radius 3 is 2.61 bits per heavy atom. The zero-order chi connectivity index (χ0) is 13.7. The summed E-state index contributed by atoms with van der Waals surface area (Å²) in [6, 6.07) is 1.87. The molecule has 0 amide bonds. The second-order valence-corrected chi connectivity index (χ2v) is 3.79. The van der Waals surface area contributed by atoms with Gasteiger partial charge in [0.05, 0.1) is 12.3 Å². The summed E-state index contributed by atoms with van der Waals surface area (Å²) in [6.45, 7) is 8.47. The summed E-state index contributed by atoms with van der Waals surface area (Å²) in [7, 11) is 0. The lowest BCUT2D eigenvalue weighted by Gasteiger charge is -2.01. The van der Waals surface area contributed by atoms with E-state index in [1.165, 1.54) is 0 Å². The number of nitrogens with zero attached hydrogens (tertiary/aromatic N) is 3. The molecular weight excluding hydrogens is 230 g/mol. The molecule has 0 N–H and O–H groups in total. The molecule has 0 aliphatic carbocycles. The van der Waals surface area contributed by atoms with Crippen LogP contribution in [0.2, 0.25) is 0 Å². The number of hydrogen-bond acceptors (Lipinski definition) is 4. The SMILES string of the molecule is CCOC(=O)/C(C#N)=C\c1c(C)nn(CC)c1C. The van der Waals surface area contributed by atoms with Crippen LogP contribution in [0.15, 0.2) is 5.57 Å². The second-order valence-electron chi connectivity index (χ2n) is 3.79. The molecule has 1 aromatic rings. The molecule has 0 saturated heterocycles. The molecule has 0 spiro atoms.